The Labute approximate surface area is 168 Å². The number of likely N-dealkylation sites (N-methyl/N-ethyl adjacent to an activating group) is 1. The van der Waals surface area contributed by atoms with Crippen LogP contribution in [0.2, 0.25) is 0 Å². The number of hydrogen-bond acceptors (Lipinski definition) is 5. The molecule has 3 aromatic rings. The maximum Gasteiger partial charge on any atom is 0.387 e. The first-order valence-corrected chi connectivity index (χ1v) is 9.43. The van der Waals surface area contributed by atoms with E-state index < -0.39 is 12.7 Å². The molecule has 29 heavy (non-hydrogen) atoms. The zero-order chi connectivity index (χ0) is 20.6. The summed E-state index contributed by atoms with van der Waals surface area (Å²) in [7, 11) is 1.92. The van der Waals surface area contributed by atoms with Gasteiger partial charge in [0.2, 0.25) is 0 Å². The normalized spacial score (nSPS) is 12.5. The van der Waals surface area contributed by atoms with Crippen molar-refractivity contribution in [3.05, 3.63) is 72.0 Å². The maximum atomic E-state index is 12.2. The molecule has 1 N–H and O–H groups in total. The Balaban J connectivity index is 1.43. The Kier molecular flexibility index (Phi) is 7.32. The van der Waals surface area contributed by atoms with Crippen LogP contribution < -0.4 is 4.74 Å². The molecule has 0 aliphatic heterocycles. The Bertz CT molecular complexity index is 869. The number of aliphatic hydroxyl groups excluding tert-OH is 1. The van der Waals surface area contributed by atoms with Gasteiger partial charge < -0.3 is 19.3 Å². The lowest BCUT2D eigenvalue weighted by atomic mass is 10.1. The smallest absolute Gasteiger partial charge is 0.387 e. The highest BCUT2D eigenvalue weighted by molar-refractivity contribution is 5.58. The van der Waals surface area contributed by atoms with Crippen LogP contribution in [0.1, 0.15) is 23.8 Å². The number of aromatic nitrogens is 1. The molecule has 0 aliphatic carbocycles. The van der Waals surface area contributed by atoms with Crippen LogP contribution in [0.5, 0.6) is 5.75 Å². The molecule has 0 radical (unpaired) electrons. The van der Waals surface area contributed by atoms with Crippen LogP contribution >= 0.6 is 0 Å². The van der Waals surface area contributed by atoms with E-state index >= 15 is 0 Å². The molecule has 0 saturated carbocycles. The number of benzene rings is 2. The molecule has 0 fully saturated rings. The van der Waals surface area contributed by atoms with Gasteiger partial charge in [0, 0.05) is 24.6 Å². The van der Waals surface area contributed by atoms with Gasteiger partial charge in [-0.2, -0.15) is 8.78 Å². The van der Waals surface area contributed by atoms with Crippen molar-refractivity contribution in [1.82, 2.24) is 10.1 Å². The standard InChI is InChI=1S/C22H24F2N2O3/c1-26(15-21(27)17-9-11-18(12-10-17)28-22(23)24)13-5-8-19-14-20(25-29-19)16-6-3-2-4-7-16/h2-4,6-7,9-12,14,21-22,27H,5,8,13,15H2,1H3. The van der Waals surface area contributed by atoms with Gasteiger partial charge in [-0.1, -0.05) is 47.6 Å². The van der Waals surface area contributed by atoms with Gasteiger partial charge in [0.15, 0.2) is 0 Å². The molecule has 1 unspecified atom stereocenters. The van der Waals surface area contributed by atoms with Crippen molar-refractivity contribution >= 4 is 0 Å². The number of nitrogens with zero attached hydrogens (tertiary/aromatic N) is 2. The summed E-state index contributed by atoms with van der Waals surface area (Å²) < 4.78 is 34.1. The molecule has 0 amide bonds. The zero-order valence-electron chi connectivity index (χ0n) is 16.2. The molecule has 2 aromatic carbocycles. The van der Waals surface area contributed by atoms with Gasteiger partial charge >= 0.3 is 6.61 Å². The van der Waals surface area contributed by atoms with Crippen molar-refractivity contribution < 1.29 is 23.1 Å². The predicted octanol–water partition coefficient (Wildman–Crippen LogP) is 4.54. The maximum absolute atomic E-state index is 12.2. The van der Waals surface area contributed by atoms with Gasteiger partial charge in [-0.3, -0.25) is 0 Å². The summed E-state index contributed by atoms with van der Waals surface area (Å²) in [4.78, 5) is 2.02. The van der Waals surface area contributed by atoms with Crippen molar-refractivity contribution in [2.45, 2.75) is 25.6 Å². The molecule has 1 heterocycles. The molecule has 154 valence electrons. The van der Waals surface area contributed by atoms with Gasteiger partial charge in [0.05, 0.1) is 6.10 Å². The first kappa shape index (κ1) is 21.0. The van der Waals surface area contributed by atoms with Crippen LogP contribution in [0.25, 0.3) is 11.3 Å². The predicted molar refractivity (Wildman–Crippen MR) is 106 cm³/mol. The average Bonchev–Trinajstić information content (AvgIpc) is 3.17. The number of hydrogen-bond donors (Lipinski definition) is 1. The molecule has 0 aliphatic rings. The van der Waals surface area contributed by atoms with Gasteiger partial charge in [-0.15, -0.1) is 0 Å². The quantitative estimate of drug-likeness (QED) is 0.540. The lowest BCUT2D eigenvalue weighted by Gasteiger charge is -2.20. The highest BCUT2D eigenvalue weighted by atomic mass is 19.3. The first-order chi connectivity index (χ1) is 14.0. The van der Waals surface area contributed by atoms with Crippen molar-refractivity contribution in [3.8, 4) is 17.0 Å². The third-order valence-corrected chi connectivity index (χ3v) is 4.57. The minimum absolute atomic E-state index is 0.0752. The number of aliphatic hydroxyl groups is 1. The lowest BCUT2D eigenvalue weighted by Crippen LogP contribution is -2.26. The third kappa shape index (κ3) is 6.37. The number of alkyl halides is 2. The Morgan fingerprint density at radius 1 is 1.10 bits per heavy atom. The third-order valence-electron chi connectivity index (χ3n) is 4.57. The highest BCUT2D eigenvalue weighted by Crippen LogP contribution is 2.21. The topological polar surface area (TPSA) is 58.7 Å². The van der Waals surface area contributed by atoms with Crippen LogP contribution in [-0.2, 0) is 6.42 Å². The fourth-order valence-corrected chi connectivity index (χ4v) is 3.06. The zero-order valence-corrected chi connectivity index (χ0v) is 16.2. The number of ether oxygens (including phenoxy) is 1. The Morgan fingerprint density at radius 2 is 1.83 bits per heavy atom. The first-order valence-electron chi connectivity index (χ1n) is 9.43. The average molecular weight is 402 g/mol. The Morgan fingerprint density at radius 3 is 2.52 bits per heavy atom. The van der Waals surface area contributed by atoms with E-state index in [4.69, 9.17) is 4.52 Å². The van der Waals surface area contributed by atoms with E-state index in [1.165, 1.54) is 12.1 Å². The molecular formula is C22H24F2N2O3. The second-order valence-corrected chi connectivity index (χ2v) is 6.87. The summed E-state index contributed by atoms with van der Waals surface area (Å²) in [5.74, 6) is 0.902. The second-order valence-electron chi connectivity index (χ2n) is 6.87. The van der Waals surface area contributed by atoms with E-state index in [9.17, 15) is 13.9 Å². The second kappa shape index (κ2) is 10.1. The molecule has 7 heteroatoms. The van der Waals surface area contributed by atoms with E-state index in [1.807, 2.05) is 48.3 Å². The largest absolute Gasteiger partial charge is 0.435 e. The summed E-state index contributed by atoms with van der Waals surface area (Å²) >= 11 is 0. The van der Waals surface area contributed by atoms with E-state index in [0.29, 0.717) is 12.1 Å². The number of halogens is 2. The molecule has 3 rings (SSSR count). The molecule has 0 spiro atoms. The molecule has 0 bridgehead atoms. The van der Waals surface area contributed by atoms with Crippen LogP contribution in [0.15, 0.2) is 65.2 Å². The molecule has 0 saturated heterocycles. The van der Waals surface area contributed by atoms with Crippen molar-refractivity contribution in [3.63, 3.8) is 0 Å². The number of aryl methyl sites for hydroxylation is 1. The fraction of sp³-hybridized carbons (Fsp3) is 0.318. The SMILES string of the molecule is CN(CCCc1cc(-c2ccccc2)no1)CC(O)c1ccc(OC(F)F)cc1. The summed E-state index contributed by atoms with van der Waals surface area (Å²) in [5, 5.41) is 14.5. The Hall–Kier alpha value is -2.77. The fourth-order valence-electron chi connectivity index (χ4n) is 3.06. The van der Waals surface area contributed by atoms with Gasteiger partial charge in [0.1, 0.15) is 17.2 Å². The van der Waals surface area contributed by atoms with E-state index in [-0.39, 0.29) is 5.75 Å². The lowest BCUT2D eigenvalue weighted by molar-refractivity contribution is -0.0498. The van der Waals surface area contributed by atoms with Crippen LogP contribution in [0.3, 0.4) is 0 Å². The van der Waals surface area contributed by atoms with Gasteiger partial charge in [0.25, 0.3) is 0 Å². The summed E-state index contributed by atoms with van der Waals surface area (Å²) in [5.41, 5.74) is 2.50. The summed E-state index contributed by atoms with van der Waals surface area (Å²) in [6.07, 6.45) is 0.892. The van der Waals surface area contributed by atoms with Crippen molar-refractivity contribution in [1.29, 1.82) is 0 Å². The van der Waals surface area contributed by atoms with Crippen LogP contribution in [0.4, 0.5) is 8.78 Å². The van der Waals surface area contributed by atoms with E-state index in [2.05, 4.69) is 9.89 Å². The van der Waals surface area contributed by atoms with Gasteiger partial charge in [-0.25, -0.2) is 0 Å². The highest BCUT2D eigenvalue weighted by Gasteiger charge is 2.12. The van der Waals surface area contributed by atoms with Crippen LogP contribution in [0, 0.1) is 0 Å². The van der Waals surface area contributed by atoms with Crippen LogP contribution in [-0.4, -0.2) is 41.9 Å². The molecule has 1 aromatic heterocycles. The van der Waals surface area contributed by atoms with E-state index in [0.717, 1.165) is 36.4 Å². The molecule has 5 nitrogen and oxygen atoms in total. The van der Waals surface area contributed by atoms with E-state index in [1.54, 1.807) is 12.1 Å². The number of rotatable bonds is 10. The summed E-state index contributed by atoms with van der Waals surface area (Å²) in [6.45, 7) is -1.66. The van der Waals surface area contributed by atoms with Crippen molar-refractivity contribution in [2.75, 3.05) is 20.1 Å². The monoisotopic (exact) mass is 402 g/mol. The van der Waals surface area contributed by atoms with Gasteiger partial charge in [-0.05, 0) is 37.7 Å². The minimum Gasteiger partial charge on any atom is -0.435 e. The van der Waals surface area contributed by atoms with Crippen molar-refractivity contribution in [2.24, 2.45) is 0 Å². The molecule has 1 atom stereocenters. The summed E-state index contributed by atoms with van der Waals surface area (Å²) in [6, 6.07) is 17.9. The minimum atomic E-state index is -2.86. The molecular weight excluding hydrogens is 378 g/mol.